The summed E-state index contributed by atoms with van der Waals surface area (Å²) in [5, 5.41) is 12.3. The molecule has 0 saturated carbocycles. The van der Waals surface area contributed by atoms with Crippen LogP contribution >= 0.6 is 11.3 Å². The maximum atomic E-state index is 13.0. The Morgan fingerprint density at radius 1 is 1.39 bits per heavy atom. The predicted molar refractivity (Wildman–Crippen MR) is 89.3 cm³/mol. The summed E-state index contributed by atoms with van der Waals surface area (Å²) in [6.45, 7) is 2.57. The van der Waals surface area contributed by atoms with Crippen LogP contribution in [0.25, 0.3) is 11.1 Å². The molecular weight excluding hydrogens is 317 g/mol. The molecule has 1 heterocycles. The molecule has 23 heavy (non-hydrogen) atoms. The maximum Gasteiger partial charge on any atom is 0.261 e. The van der Waals surface area contributed by atoms with E-state index < -0.39 is 6.10 Å². The summed E-state index contributed by atoms with van der Waals surface area (Å²) in [4.78, 5) is 13.8. The van der Waals surface area contributed by atoms with Gasteiger partial charge in [0.05, 0.1) is 17.6 Å². The van der Waals surface area contributed by atoms with Crippen molar-refractivity contribution in [2.75, 3.05) is 20.3 Å². The van der Waals surface area contributed by atoms with Crippen LogP contribution in [0.5, 0.6) is 0 Å². The SMILES string of the molecule is COCC(O)CCNC(=O)c1cc(-c2ccc(F)cc2)c(C)s1. The molecule has 0 radical (unpaired) electrons. The Bertz CT molecular complexity index is 654. The summed E-state index contributed by atoms with van der Waals surface area (Å²) >= 11 is 1.40. The number of hydrogen-bond donors (Lipinski definition) is 2. The lowest BCUT2D eigenvalue weighted by atomic mass is 10.1. The summed E-state index contributed by atoms with van der Waals surface area (Å²) in [6.07, 6.45) is -0.144. The van der Waals surface area contributed by atoms with Crippen molar-refractivity contribution >= 4 is 17.2 Å². The molecule has 2 rings (SSSR count). The van der Waals surface area contributed by atoms with Gasteiger partial charge in [-0.05, 0) is 42.7 Å². The lowest BCUT2D eigenvalue weighted by Gasteiger charge is -2.09. The number of carbonyl (C=O) groups excluding carboxylic acids is 1. The van der Waals surface area contributed by atoms with Crippen LogP contribution in [-0.2, 0) is 4.74 Å². The summed E-state index contributed by atoms with van der Waals surface area (Å²) in [5.74, 6) is -0.453. The van der Waals surface area contributed by atoms with Gasteiger partial charge < -0.3 is 15.2 Å². The summed E-state index contributed by atoms with van der Waals surface area (Å²) in [5.41, 5.74) is 1.81. The molecule has 0 saturated heterocycles. The molecule has 0 aliphatic heterocycles. The molecular formula is C17H20FNO3S. The Morgan fingerprint density at radius 3 is 2.74 bits per heavy atom. The smallest absolute Gasteiger partial charge is 0.261 e. The first-order valence-corrected chi connectivity index (χ1v) is 8.14. The molecule has 6 heteroatoms. The van der Waals surface area contributed by atoms with Crippen molar-refractivity contribution in [1.29, 1.82) is 0 Å². The second-order valence-electron chi connectivity index (χ2n) is 5.24. The van der Waals surface area contributed by atoms with Gasteiger partial charge in [0.1, 0.15) is 5.82 Å². The molecule has 1 amide bonds. The average Bonchev–Trinajstić information content (AvgIpc) is 2.90. The number of carbonyl (C=O) groups is 1. The molecule has 1 atom stereocenters. The predicted octanol–water partition coefficient (Wildman–Crippen LogP) is 2.99. The van der Waals surface area contributed by atoms with Crippen molar-refractivity contribution in [3.05, 3.63) is 45.9 Å². The first-order valence-electron chi connectivity index (χ1n) is 7.33. The van der Waals surface area contributed by atoms with Crippen LogP contribution in [0.2, 0.25) is 0 Å². The minimum absolute atomic E-state index is 0.170. The molecule has 0 spiro atoms. The fourth-order valence-electron chi connectivity index (χ4n) is 2.23. The van der Waals surface area contributed by atoms with E-state index in [2.05, 4.69) is 5.32 Å². The molecule has 0 bridgehead atoms. The van der Waals surface area contributed by atoms with Gasteiger partial charge in [-0.2, -0.15) is 0 Å². The lowest BCUT2D eigenvalue weighted by Crippen LogP contribution is -2.27. The minimum atomic E-state index is -0.583. The van der Waals surface area contributed by atoms with Crippen LogP contribution in [0.3, 0.4) is 0 Å². The standard InChI is InChI=1S/C17H20FNO3S/c1-11-15(12-3-5-13(18)6-4-12)9-16(23-11)17(21)19-8-7-14(20)10-22-2/h3-6,9,14,20H,7-8,10H2,1-2H3,(H,19,21). The zero-order valence-corrected chi connectivity index (χ0v) is 14.0. The van der Waals surface area contributed by atoms with Crippen molar-refractivity contribution in [2.24, 2.45) is 0 Å². The average molecular weight is 337 g/mol. The van der Waals surface area contributed by atoms with E-state index in [1.807, 2.05) is 13.0 Å². The number of thiophene rings is 1. The number of aliphatic hydroxyl groups excluding tert-OH is 1. The van der Waals surface area contributed by atoms with E-state index >= 15 is 0 Å². The van der Waals surface area contributed by atoms with Crippen molar-refractivity contribution in [3.63, 3.8) is 0 Å². The largest absolute Gasteiger partial charge is 0.391 e. The summed E-state index contributed by atoms with van der Waals surface area (Å²) in [6, 6.07) is 8.03. The van der Waals surface area contributed by atoms with Crippen LogP contribution in [0, 0.1) is 12.7 Å². The third-order valence-corrected chi connectivity index (χ3v) is 4.47. The van der Waals surface area contributed by atoms with Gasteiger partial charge >= 0.3 is 0 Å². The number of hydrogen-bond acceptors (Lipinski definition) is 4. The second kappa shape index (κ2) is 8.19. The zero-order valence-electron chi connectivity index (χ0n) is 13.1. The van der Waals surface area contributed by atoms with E-state index in [9.17, 15) is 14.3 Å². The van der Waals surface area contributed by atoms with Gasteiger partial charge in [-0.15, -0.1) is 11.3 Å². The molecule has 4 nitrogen and oxygen atoms in total. The molecule has 0 aliphatic rings. The van der Waals surface area contributed by atoms with Crippen LogP contribution in [0.4, 0.5) is 4.39 Å². The fourth-order valence-corrected chi connectivity index (χ4v) is 3.18. The van der Waals surface area contributed by atoms with Gasteiger partial charge in [-0.1, -0.05) is 12.1 Å². The topological polar surface area (TPSA) is 58.6 Å². The number of aliphatic hydroxyl groups is 1. The molecule has 2 N–H and O–H groups in total. The molecule has 1 aromatic heterocycles. The van der Waals surface area contributed by atoms with Gasteiger partial charge in [-0.3, -0.25) is 4.79 Å². The van der Waals surface area contributed by atoms with Crippen LogP contribution < -0.4 is 5.32 Å². The summed E-state index contributed by atoms with van der Waals surface area (Å²) < 4.78 is 17.8. The second-order valence-corrected chi connectivity index (χ2v) is 6.50. The van der Waals surface area contributed by atoms with Gasteiger partial charge in [0.15, 0.2) is 0 Å². The number of halogens is 1. The number of rotatable bonds is 7. The van der Waals surface area contributed by atoms with Crippen molar-refractivity contribution < 1.29 is 19.0 Å². The normalized spacial score (nSPS) is 12.2. The Morgan fingerprint density at radius 2 is 2.09 bits per heavy atom. The maximum absolute atomic E-state index is 13.0. The van der Waals surface area contributed by atoms with Crippen molar-refractivity contribution in [2.45, 2.75) is 19.4 Å². The highest BCUT2D eigenvalue weighted by molar-refractivity contribution is 7.14. The number of methoxy groups -OCH3 is 1. The molecule has 1 aromatic carbocycles. The Hall–Kier alpha value is -1.76. The minimum Gasteiger partial charge on any atom is -0.391 e. The third-order valence-electron chi connectivity index (χ3n) is 3.42. The molecule has 1 unspecified atom stereocenters. The van der Waals surface area contributed by atoms with Crippen LogP contribution in [-0.4, -0.2) is 37.4 Å². The van der Waals surface area contributed by atoms with E-state index in [-0.39, 0.29) is 18.3 Å². The van der Waals surface area contributed by atoms with E-state index in [1.165, 1.54) is 30.6 Å². The molecule has 0 aliphatic carbocycles. The van der Waals surface area contributed by atoms with Crippen molar-refractivity contribution in [3.8, 4) is 11.1 Å². The molecule has 0 fully saturated rings. The first-order chi connectivity index (χ1) is 11.0. The quantitative estimate of drug-likeness (QED) is 0.816. The highest BCUT2D eigenvalue weighted by Gasteiger charge is 2.14. The molecule has 2 aromatic rings. The number of benzene rings is 1. The lowest BCUT2D eigenvalue weighted by molar-refractivity contribution is 0.0588. The number of ether oxygens (including phenoxy) is 1. The van der Waals surface area contributed by atoms with Gasteiger partial charge in [0.2, 0.25) is 0 Å². The third kappa shape index (κ3) is 4.86. The zero-order chi connectivity index (χ0) is 16.8. The van der Waals surface area contributed by atoms with Crippen LogP contribution in [0.1, 0.15) is 21.0 Å². The fraction of sp³-hybridized carbons (Fsp3) is 0.353. The Balaban J connectivity index is 1.99. The molecule has 124 valence electrons. The van der Waals surface area contributed by atoms with Gasteiger partial charge in [0.25, 0.3) is 5.91 Å². The van der Waals surface area contributed by atoms with Gasteiger partial charge in [0, 0.05) is 18.5 Å². The highest BCUT2D eigenvalue weighted by Crippen LogP contribution is 2.31. The number of aryl methyl sites for hydroxylation is 1. The van der Waals surface area contributed by atoms with E-state index in [0.717, 1.165) is 16.0 Å². The Kier molecular flexibility index (Phi) is 6.27. The number of amides is 1. The Labute approximate surface area is 138 Å². The van der Waals surface area contributed by atoms with Crippen molar-refractivity contribution in [1.82, 2.24) is 5.32 Å². The van der Waals surface area contributed by atoms with Gasteiger partial charge in [-0.25, -0.2) is 4.39 Å². The van der Waals surface area contributed by atoms with Crippen LogP contribution in [0.15, 0.2) is 30.3 Å². The first kappa shape index (κ1) is 17.6. The number of nitrogens with one attached hydrogen (secondary N) is 1. The van der Waals surface area contributed by atoms with E-state index in [4.69, 9.17) is 4.74 Å². The van der Waals surface area contributed by atoms with E-state index in [0.29, 0.717) is 17.8 Å². The highest BCUT2D eigenvalue weighted by atomic mass is 32.1. The monoisotopic (exact) mass is 337 g/mol. The summed E-state index contributed by atoms with van der Waals surface area (Å²) in [7, 11) is 1.52. The van der Waals surface area contributed by atoms with E-state index in [1.54, 1.807) is 12.1 Å².